The predicted octanol–water partition coefficient (Wildman–Crippen LogP) is 3.69. The summed E-state index contributed by atoms with van der Waals surface area (Å²) in [4.78, 5) is 0. The third kappa shape index (κ3) is 3.64. The summed E-state index contributed by atoms with van der Waals surface area (Å²) >= 11 is 0. The molecule has 1 nitrogen and oxygen atoms in total. The molecule has 0 bridgehead atoms. The van der Waals surface area contributed by atoms with Crippen molar-refractivity contribution in [3.05, 3.63) is 35.4 Å². The molecule has 16 heavy (non-hydrogen) atoms. The summed E-state index contributed by atoms with van der Waals surface area (Å²) in [6.45, 7) is 10.5. The summed E-state index contributed by atoms with van der Waals surface area (Å²) < 4.78 is 0. The van der Waals surface area contributed by atoms with Crippen LogP contribution in [0.15, 0.2) is 24.3 Å². The molecule has 0 amide bonds. The van der Waals surface area contributed by atoms with Gasteiger partial charge in [-0.2, -0.15) is 0 Å². The Labute approximate surface area is 99.5 Å². The van der Waals surface area contributed by atoms with Gasteiger partial charge in [0, 0.05) is 6.42 Å². The van der Waals surface area contributed by atoms with E-state index in [1.165, 1.54) is 11.1 Å². The molecule has 0 aromatic heterocycles. The Hall–Kier alpha value is -0.820. The lowest BCUT2D eigenvalue weighted by Crippen LogP contribution is -2.25. The second kappa shape index (κ2) is 4.58. The fourth-order valence-electron chi connectivity index (χ4n) is 1.69. The van der Waals surface area contributed by atoms with Gasteiger partial charge in [0.1, 0.15) is 0 Å². The van der Waals surface area contributed by atoms with E-state index in [-0.39, 0.29) is 5.41 Å². The largest absolute Gasteiger partial charge is 0.390 e. The zero-order valence-corrected chi connectivity index (χ0v) is 11.2. The molecule has 1 atom stereocenters. The molecule has 0 aliphatic rings. The molecule has 0 saturated heterocycles. The first-order valence-electron chi connectivity index (χ1n) is 6.06. The second-order valence-corrected chi connectivity index (χ2v) is 5.97. The Bertz CT molecular complexity index is 327. The third-order valence-electron chi connectivity index (χ3n) is 3.17. The smallest absolute Gasteiger partial charge is 0.0657 e. The third-order valence-corrected chi connectivity index (χ3v) is 3.17. The highest BCUT2D eigenvalue weighted by Gasteiger charge is 2.18. The Kier molecular flexibility index (Phi) is 3.80. The molecule has 1 unspecified atom stereocenters. The van der Waals surface area contributed by atoms with Crippen LogP contribution in [0.1, 0.15) is 52.2 Å². The first-order chi connectivity index (χ1) is 7.24. The number of hydrogen-bond acceptors (Lipinski definition) is 1. The van der Waals surface area contributed by atoms with Crippen LogP contribution in [-0.4, -0.2) is 10.7 Å². The molecule has 0 aliphatic carbocycles. The zero-order chi connectivity index (χ0) is 12.4. The highest BCUT2D eigenvalue weighted by atomic mass is 16.3. The highest BCUT2D eigenvalue weighted by Crippen LogP contribution is 2.23. The number of hydrogen-bond donors (Lipinski definition) is 1. The van der Waals surface area contributed by atoms with E-state index in [1.807, 2.05) is 13.8 Å². The monoisotopic (exact) mass is 220 g/mol. The molecule has 1 rings (SSSR count). The SMILES string of the molecule is CCC(C)(O)Cc1ccc(C(C)(C)C)cc1. The van der Waals surface area contributed by atoms with Crippen LogP contribution in [0.4, 0.5) is 0 Å². The molecule has 1 aromatic rings. The molecule has 90 valence electrons. The van der Waals surface area contributed by atoms with Crippen LogP contribution in [0.25, 0.3) is 0 Å². The van der Waals surface area contributed by atoms with Crippen LogP contribution in [0.5, 0.6) is 0 Å². The summed E-state index contributed by atoms with van der Waals surface area (Å²) in [5.41, 5.74) is 2.17. The van der Waals surface area contributed by atoms with Crippen molar-refractivity contribution >= 4 is 0 Å². The topological polar surface area (TPSA) is 20.2 Å². The molecule has 0 radical (unpaired) electrons. The zero-order valence-electron chi connectivity index (χ0n) is 11.2. The molecule has 1 heteroatoms. The van der Waals surface area contributed by atoms with Crippen LogP contribution in [0.3, 0.4) is 0 Å². The van der Waals surface area contributed by atoms with E-state index >= 15 is 0 Å². The second-order valence-electron chi connectivity index (χ2n) is 5.97. The Morgan fingerprint density at radius 2 is 1.50 bits per heavy atom. The van der Waals surface area contributed by atoms with E-state index in [0.717, 1.165) is 12.8 Å². The van der Waals surface area contributed by atoms with E-state index < -0.39 is 5.60 Å². The van der Waals surface area contributed by atoms with E-state index in [2.05, 4.69) is 45.0 Å². The van der Waals surface area contributed by atoms with Gasteiger partial charge in [-0.25, -0.2) is 0 Å². The minimum atomic E-state index is -0.580. The van der Waals surface area contributed by atoms with Gasteiger partial charge in [-0.05, 0) is 29.9 Å². The van der Waals surface area contributed by atoms with Crippen LogP contribution in [0.2, 0.25) is 0 Å². The molecule has 1 aromatic carbocycles. The fourth-order valence-corrected chi connectivity index (χ4v) is 1.69. The van der Waals surface area contributed by atoms with Crippen LogP contribution >= 0.6 is 0 Å². The van der Waals surface area contributed by atoms with E-state index in [9.17, 15) is 5.11 Å². The van der Waals surface area contributed by atoms with E-state index in [0.29, 0.717) is 0 Å². The molecule has 0 saturated carbocycles. The lowest BCUT2D eigenvalue weighted by Gasteiger charge is -2.23. The number of rotatable bonds is 3. The van der Waals surface area contributed by atoms with Crippen molar-refractivity contribution in [1.82, 2.24) is 0 Å². The quantitative estimate of drug-likeness (QED) is 0.823. The first kappa shape index (κ1) is 13.2. The molecule has 0 aliphatic heterocycles. The van der Waals surface area contributed by atoms with Crippen molar-refractivity contribution in [3.63, 3.8) is 0 Å². The maximum Gasteiger partial charge on any atom is 0.0657 e. The molecular weight excluding hydrogens is 196 g/mol. The highest BCUT2D eigenvalue weighted by molar-refractivity contribution is 5.28. The lowest BCUT2D eigenvalue weighted by molar-refractivity contribution is 0.0564. The summed E-state index contributed by atoms with van der Waals surface area (Å²) in [7, 11) is 0. The maximum atomic E-state index is 10.0. The van der Waals surface area contributed by atoms with Crippen LogP contribution < -0.4 is 0 Å². The van der Waals surface area contributed by atoms with Gasteiger partial charge in [-0.3, -0.25) is 0 Å². The Balaban J connectivity index is 2.80. The van der Waals surface area contributed by atoms with E-state index in [1.54, 1.807) is 0 Å². The van der Waals surface area contributed by atoms with Crippen molar-refractivity contribution < 1.29 is 5.11 Å². The minimum Gasteiger partial charge on any atom is -0.390 e. The van der Waals surface area contributed by atoms with Gasteiger partial charge < -0.3 is 5.11 Å². The van der Waals surface area contributed by atoms with Gasteiger partial charge in [-0.15, -0.1) is 0 Å². The minimum absolute atomic E-state index is 0.200. The summed E-state index contributed by atoms with van der Waals surface area (Å²) in [5, 5.41) is 10.0. The first-order valence-corrected chi connectivity index (χ1v) is 6.06. The molecular formula is C15H24O. The fraction of sp³-hybridized carbons (Fsp3) is 0.600. The average molecular weight is 220 g/mol. The molecule has 0 fully saturated rings. The van der Waals surface area contributed by atoms with Gasteiger partial charge in [0.2, 0.25) is 0 Å². The Morgan fingerprint density at radius 3 is 1.88 bits per heavy atom. The average Bonchev–Trinajstić information content (AvgIpc) is 2.16. The Morgan fingerprint density at radius 1 is 1.00 bits per heavy atom. The maximum absolute atomic E-state index is 10.0. The summed E-state index contributed by atoms with van der Waals surface area (Å²) in [6.07, 6.45) is 1.52. The number of benzene rings is 1. The normalized spacial score (nSPS) is 15.9. The summed E-state index contributed by atoms with van der Waals surface area (Å²) in [6, 6.07) is 8.59. The van der Waals surface area contributed by atoms with Gasteiger partial charge in [-0.1, -0.05) is 52.0 Å². The van der Waals surface area contributed by atoms with Gasteiger partial charge in [0.25, 0.3) is 0 Å². The van der Waals surface area contributed by atoms with E-state index in [4.69, 9.17) is 0 Å². The summed E-state index contributed by atoms with van der Waals surface area (Å²) in [5.74, 6) is 0. The number of aliphatic hydroxyl groups is 1. The van der Waals surface area contributed by atoms with Crippen molar-refractivity contribution in [2.75, 3.05) is 0 Å². The van der Waals surface area contributed by atoms with Crippen LogP contribution in [-0.2, 0) is 11.8 Å². The lowest BCUT2D eigenvalue weighted by atomic mass is 9.85. The molecule has 0 heterocycles. The van der Waals surface area contributed by atoms with Crippen LogP contribution in [0, 0.1) is 0 Å². The van der Waals surface area contributed by atoms with Gasteiger partial charge in [0.05, 0.1) is 5.60 Å². The van der Waals surface area contributed by atoms with Gasteiger partial charge in [0.15, 0.2) is 0 Å². The van der Waals surface area contributed by atoms with Crippen molar-refractivity contribution in [2.45, 2.75) is 58.5 Å². The van der Waals surface area contributed by atoms with Crippen molar-refractivity contribution in [1.29, 1.82) is 0 Å². The van der Waals surface area contributed by atoms with Crippen molar-refractivity contribution in [2.24, 2.45) is 0 Å². The predicted molar refractivity (Wildman–Crippen MR) is 69.8 cm³/mol. The standard InChI is InChI=1S/C15H24O/c1-6-15(5,16)11-12-7-9-13(10-8-12)14(2,3)4/h7-10,16H,6,11H2,1-5H3. The van der Waals surface area contributed by atoms with Gasteiger partial charge >= 0.3 is 0 Å². The molecule has 0 spiro atoms. The molecule has 1 N–H and O–H groups in total. The van der Waals surface area contributed by atoms with Crippen molar-refractivity contribution in [3.8, 4) is 0 Å².